The summed E-state index contributed by atoms with van der Waals surface area (Å²) in [7, 11) is -1.99. The average Bonchev–Trinajstić information content (AvgIpc) is 2.77. The second-order valence-corrected chi connectivity index (χ2v) is 9.07. The van der Waals surface area contributed by atoms with Crippen molar-refractivity contribution in [1.29, 1.82) is 0 Å². The first kappa shape index (κ1) is 28.3. The highest BCUT2D eigenvalue weighted by Gasteiger charge is 2.13. The number of sulfonamides is 1. The first-order valence-corrected chi connectivity index (χ1v) is 12.1. The van der Waals surface area contributed by atoms with Crippen molar-refractivity contribution >= 4 is 40.0 Å². The normalized spacial score (nSPS) is 12.7. The smallest absolute Gasteiger partial charge is 0.240 e. The largest absolute Gasteiger partial charge is 0.383 e. The van der Waals surface area contributed by atoms with E-state index in [1.807, 2.05) is 13.0 Å². The number of hydrogen-bond donors (Lipinski definition) is 3. The number of aliphatic imine (C=N–C) groups is 1. The number of aryl methyl sites for hydroxylation is 1. The molecule has 0 saturated carbocycles. The lowest BCUT2D eigenvalue weighted by molar-refractivity contribution is 0.204. The summed E-state index contributed by atoms with van der Waals surface area (Å²) < 4.78 is 31.9. The molecule has 2 rings (SSSR count). The minimum Gasteiger partial charge on any atom is -0.383 e. The van der Waals surface area contributed by atoms with Gasteiger partial charge in [0.1, 0.15) is 0 Å². The third kappa shape index (κ3) is 10.3. The standard InChI is InChI=1S/C23H34N4O3S.HI/c1-4-24-23(27-19(2)10-11-20-8-6-5-7-9-20)25-18-21-12-14-22(15-13-21)31(28,29)26-16-17-30-3;/h5-9,12-15,19,26H,4,10-11,16-18H2,1-3H3,(H2,24,25,27);1H. The number of ether oxygens (including phenoxy) is 1. The van der Waals surface area contributed by atoms with Gasteiger partial charge >= 0.3 is 0 Å². The van der Waals surface area contributed by atoms with Gasteiger partial charge in [0.2, 0.25) is 10.0 Å². The zero-order valence-electron chi connectivity index (χ0n) is 19.0. The second kappa shape index (κ2) is 15.2. The second-order valence-electron chi connectivity index (χ2n) is 7.30. The molecule has 178 valence electrons. The number of halogens is 1. The highest BCUT2D eigenvalue weighted by molar-refractivity contribution is 14.0. The van der Waals surface area contributed by atoms with E-state index in [9.17, 15) is 8.42 Å². The van der Waals surface area contributed by atoms with E-state index in [4.69, 9.17) is 4.74 Å². The van der Waals surface area contributed by atoms with E-state index in [2.05, 4.69) is 51.5 Å². The van der Waals surface area contributed by atoms with Gasteiger partial charge in [-0.3, -0.25) is 0 Å². The summed E-state index contributed by atoms with van der Waals surface area (Å²) in [6.45, 7) is 5.97. The van der Waals surface area contributed by atoms with Crippen LogP contribution >= 0.6 is 24.0 Å². The van der Waals surface area contributed by atoms with E-state index in [0.29, 0.717) is 13.2 Å². The van der Waals surface area contributed by atoms with Gasteiger partial charge in [0.05, 0.1) is 18.0 Å². The van der Waals surface area contributed by atoms with Crippen molar-refractivity contribution in [3.63, 3.8) is 0 Å². The fraction of sp³-hybridized carbons (Fsp3) is 0.435. The summed E-state index contributed by atoms with van der Waals surface area (Å²) in [5.74, 6) is 0.751. The highest BCUT2D eigenvalue weighted by atomic mass is 127. The Hall–Kier alpha value is -1.69. The topological polar surface area (TPSA) is 91.8 Å². The minimum atomic E-state index is -3.52. The summed E-state index contributed by atoms with van der Waals surface area (Å²) in [5.41, 5.74) is 2.26. The predicted octanol–water partition coefficient (Wildman–Crippen LogP) is 3.31. The molecule has 0 aliphatic heterocycles. The van der Waals surface area contributed by atoms with Crippen molar-refractivity contribution in [2.24, 2.45) is 4.99 Å². The molecule has 0 fully saturated rings. The van der Waals surface area contributed by atoms with Crippen molar-refractivity contribution in [3.8, 4) is 0 Å². The Kier molecular flexibility index (Phi) is 13.5. The number of guanidine groups is 1. The van der Waals surface area contributed by atoms with Gasteiger partial charge in [-0.05, 0) is 49.9 Å². The Morgan fingerprint density at radius 3 is 2.38 bits per heavy atom. The van der Waals surface area contributed by atoms with Crippen molar-refractivity contribution in [3.05, 3.63) is 65.7 Å². The van der Waals surface area contributed by atoms with Crippen molar-refractivity contribution in [1.82, 2.24) is 15.4 Å². The zero-order valence-corrected chi connectivity index (χ0v) is 22.2. The summed E-state index contributed by atoms with van der Waals surface area (Å²) in [6, 6.07) is 17.5. The summed E-state index contributed by atoms with van der Waals surface area (Å²) in [6.07, 6.45) is 2.00. The van der Waals surface area contributed by atoms with E-state index < -0.39 is 10.0 Å². The number of nitrogens with one attached hydrogen (secondary N) is 3. The molecule has 0 amide bonds. The SMILES string of the molecule is CCNC(=NCc1ccc(S(=O)(=O)NCCOC)cc1)NC(C)CCc1ccccc1.I. The number of rotatable bonds is 12. The molecule has 32 heavy (non-hydrogen) atoms. The third-order valence-electron chi connectivity index (χ3n) is 4.69. The number of benzene rings is 2. The molecule has 0 aliphatic carbocycles. The maximum atomic E-state index is 12.2. The van der Waals surface area contributed by atoms with Gasteiger partial charge in [0.25, 0.3) is 0 Å². The number of nitrogens with zero attached hydrogens (tertiary/aromatic N) is 1. The molecular formula is C23H35IN4O3S. The molecule has 0 aliphatic rings. The Morgan fingerprint density at radius 2 is 1.75 bits per heavy atom. The molecular weight excluding hydrogens is 539 g/mol. The fourth-order valence-electron chi connectivity index (χ4n) is 2.96. The van der Waals surface area contributed by atoms with Crippen LogP contribution in [0.5, 0.6) is 0 Å². The molecule has 0 bridgehead atoms. The van der Waals surface area contributed by atoms with Gasteiger partial charge < -0.3 is 15.4 Å². The van der Waals surface area contributed by atoms with E-state index >= 15 is 0 Å². The van der Waals surface area contributed by atoms with Crippen LogP contribution in [0.15, 0.2) is 64.5 Å². The average molecular weight is 575 g/mol. The molecule has 9 heteroatoms. The Bertz CT molecular complexity index is 907. The quantitative estimate of drug-likeness (QED) is 0.157. The lowest BCUT2D eigenvalue weighted by Gasteiger charge is -2.18. The maximum Gasteiger partial charge on any atom is 0.240 e. The van der Waals surface area contributed by atoms with Gasteiger partial charge in [0, 0.05) is 26.2 Å². The molecule has 0 aromatic heterocycles. The molecule has 0 heterocycles. The van der Waals surface area contributed by atoms with Gasteiger partial charge in [-0.1, -0.05) is 42.5 Å². The maximum absolute atomic E-state index is 12.2. The van der Waals surface area contributed by atoms with Crippen molar-refractivity contribution in [2.45, 2.75) is 44.2 Å². The lowest BCUT2D eigenvalue weighted by atomic mass is 10.1. The summed E-state index contributed by atoms with van der Waals surface area (Å²) in [5, 5.41) is 6.71. The number of hydrogen-bond acceptors (Lipinski definition) is 4. The van der Waals surface area contributed by atoms with Crippen LogP contribution in [-0.2, 0) is 27.7 Å². The Labute approximate surface area is 209 Å². The minimum absolute atomic E-state index is 0. The monoisotopic (exact) mass is 574 g/mol. The van der Waals surface area contributed by atoms with Crippen LogP contribution in [0.4, 0.5) is 0 Å². The lowest BCUT2D eigenvalue weighted by Crippen LogP contribution is -2.42. The summed E-state index contributed by atoms with van der Waals surface area (Å²) >= 11 is 0. The van der Waals surface area contributed by atoms with Gasteiger partial charge in [-0.15, -0.1) is 24.0 Å². The summed E-state index contributed by atoms with van der Waals surface area (Å²) in [4.78, 5) is 4.88. The molecule has 3 N–H and O–H groups in total. The molecule has 1 unspecified atom stereocenters. The highest BCUT2D eigenvalue weighted by Crippen LogP contribution is 2.11. The molecule has 2 aromatic carbocycles. The van der Waals surface area contributed by atoms with Crippen molar-refractivity contribution in [2.75, 3.05) is 26.8 Å². The Morgan fingerprint density at radius 1 is 1.06 bits per heavy atom. The Balaban J connectivity index is 0.00000512. The van der Waals surface area contributed by atoms with Gasteiger partial charge in [-0.2, -0.15) is 0 Å². The van der Waals surface area contributed by atoms with Crippen LogP contribution in [0, 0.1) is 0 Å². The molecule has 1 atom stereocenters. The number of methoxy groups -OCH3 is 1. The molecule has 7 nitrogen and oxygen atoms in total. The third-order valence-corrected chi connectivity index (χ3v) is 6.16. The van der Waals surface area contributed by atoms with Crippen LogP contribution in [0.3, 0.4) is 0 Å². The zero-order chi connectivity index (χ0) is 22.5. The van der Waals surface area contributed by atoms with Crippen LogP contribution in [0.1, 0.15) is 31.4 Å². The first-order valence-electron chi connectivity index (χ1n) is 10.6. The van der Waals surface area contributed by atoms with Gasteiger partial charge in [0.15, 0.2) is 5.96 Å². The van der Waals surface area contributed by atoms with Crippen LogP contribution in [0.25, 0.3) is 0 Å². The van der Waals surface area contributed by atoms with Crippen LogP contribution in [0.2, 0.25) is 0 Å². The molecule has 2 aromatic rings. The first-order chi connectivity index (χ1) is 14.9. The van der Waals surface area contributed by atoms with Gasteiger partial charge in [-0.25, -0.2) is 18.1 Å². The van der Waals surface area contributed by atoms with E-state index in [0.717, 1.165) is 30.9 Å². The van der Waals surface area contributed by atoms with Crippen LogP contribution in [-0.4, -0.2) is 47.2 Å². The van der Waals surface area contributed by atoms with E-state index in [1.54, 1.807) is 24.3 Å². The fourth-order valence-corrected chi connectivity index (χ4v) is 3.97. The molecule has 0 radical (unpaired) electrons. The predicted molar refractivity (Wildman–Crippen MR) is 141 cm³/mol. The van der Waals surface area contributed by atoms with Crippen molar-refractivity contribution < 1.29 is 13.2 Å². The molecule has 0 saturated heterocycles. The van der Waals surface area contributed by atoms with E-state index in [-0.39, 0.29) is 41.5 Å². The molecule has 0 spiro atoms. The van der Waals surface area contributed by atoms with E-state index in [1.165, 1.54) is 12.7 Å². The van der Waals surface area contributed by atoms with Crippen LogP contribution < -0.4 is 15.4 Å².